The second-order valence-corrected chi connectivity index (χ2v) is 11.9. The summed E-state index contributed by atoms with van der Waals surface area (Å²) >= 11 is 4.26. The van der Waals surface area contributed by atoms with Gasteiger partial charge in [0.1, 0.15) is 9.83 Å². The molecule has 2 aliphatic rings. The van der Waals surface area contributed by atoms with Crippen LogP contribution in [0.4, 0.5) is 5.00 Å². The molecule has 1 amide bonds. The van der Waals surface area contributed by atoms with Crippen molar-refractivity contribution >= 4 is 61.5 Å². The molecule has 3 aromatic heterocycles. The average molecular weight is 538 g/mol. The number of hydrogen-bond acceptors (Lipinski definition) is 8. The second kappa shape index (κ2) is 9.49. The highest BCUT2D eigenvalue weighted by molar-refractivity contribution is 7.99. The van der Waals surface area contributed by atoms with Crippen LogP contribution in [0.5, 0.6) is 0 Å². The number of carbonyl (C=O) groups is 2. The summed E-state index contributed by atoms with van der Waals surface area (Å²) in [5, 5.41) is 4.64. The Labute approximate surface area is 219 Å². The minimum absolute atomic E-state index is 0.0546. The lowest BCUT2D eigenvalue weighted by Crippen LogP contribution is -2.23. The number of nitrogens with zero attached hydrogens (tertiary/aromatic N) is 2. The summed E-state index contributed by atoms with van der Waals surface area (Å²) in [6, 6.07) is 9.42. The van der Waals surface area contributed by atoms with Crippen molar-refractivity contribution in [2.24, 2.45) is 0 Å². The Morgan fingerprint density at radius 3 is 2.53 bits per heavy atom. The molecular formula is C26H23N3O4S3. The fourth-order valence-corrected chi connectivity index (χ4v) is 8.44. The molecule has 1 aromatic carbocycles. The number of thiophene rings is 2. The van der Waals surface area contributed by atoms with Gasteiger partial charge in [-0.25, -0.2) is 9.78 Å². The Bertz CT molecular complexity index is 1570. The van der Waals surface area contributed by atoms with Gasteiger partial charge in [0.2, 0.25) is 5.91 Å². The maximum atomic E-state index is 13.7. The van der Waals surface area contributed by atoms with Crippen molar-refractivity contribution in [2.45, 2.75) is 43.7 Å². The molecule has 0 atom stereocenters. The van der Waals surface area contributed by atoms with E-state index in [0.717, 1.165) is 65.0 Å². The van der Waals surface area contributed by atoms with E-state index < -0.39 is 5.97 Å². The summed E-state index contributed by atoms with van der Waals surface area (Å²) in [4.78, 5) is 47.1. The number of amides is 1. The molecule has 3 heterocycles. The van der Waals surface area contributed by atoms with Crippen molar-refractivity contribution in [3.8, 4) is 5.69 Å². The Kier molecular flexibility index (Phi) is 6.18. The SMILES string of the molecule is COC(=O)c1c(NC(=O)CSc2nc3sc4c(c3c(=O)n2-c2ccccc2)CCC4)sc2c1CCC2. The summed E-state index contributed by atoms with van der Waals surface area (Å²) in [6.45, 7) is 0. The molecule has 4 aromatic rings. The topological polar surface area (TPSA) is 90.3 Å². The van der Waals surface area contributed by atoms with Crippen LogP contribution in [0.2, 0.25) is 0 Å². The molecule has 1 N–H and O–H groups in total. The maximum Gasteiger partial charge on any atom is 0.341 e. The van der Waals surface area contributed by atoms with Crippen LogP contribution in [-0.4, -0.2) is 34.3 Å². The highest BCUT2D eigenvalue weighted by atomic mass is 32.2. The van der Waals surface area contributed by atoms with Crippen molar-refractivity contribution in [2.75, 3.05) is 18.2 Å². The van der Waals surface area contributed by atoms with E-state index in [4.69, 9.17) is 9.72 Å². The third-order valence-corrected chi connectivity index (χ3v) is 9.95. The minimum Gasteiger partial charge on any atom is -0.465 e. The van der Waals surface area contributed by atoms with E-state index in [2.05, 4.69) is 5.32 Å². The van der Waals surface area contributed by atoms with Gasteiger partial charge in [0.05, 0.1) is 29.5 Å². The zero-order valence-corrected chi connectivity index (χ0v) is 22.0. The van der Waals surface area contributed by atoms with Gasteiger partial charge < -0.3 is 10.1 Å². The van der Waals surface area contributed by atoms with Crippen molar-refractivity contribution < 1.29 is 14.3 Å². The van der Waals surface area contributed by atoms with Crippen LogP contribution in [0.3, 0.4) is 0 Å². The third-order valence-electron chi connectivity index (χ3n) is 6.62. The predicted molar refractivity (Wildman–Crippen MR) is 144 cm³/mol. The number of thioether (sulfide) groups is 1. The Balaban J connectivity index is 1.31. The molecule has 0 saturated heterocycles. The molecular weight excluding hydrogens is 515 g/mol. The van der Waals surface area contributed by atoms with Gasteiger partial charge in [0, 0.05) is 9.75 Å². The summed E-state index contributed by atoms with van der Waals surface area (Å²) in [5.74, 6) is -0.625. The van der Waals surface area contributed by atoms with Gasteiger partial charge in [-0.1, -0.05) is 30.0 Å². The van der Waals surface area contributed by atoms with E-state index in [-0.39, 0.29) is 17.2 Å². The van der Waals surface area contributed by atoms with Gasteiger partial charge in [-0.05, 0) is 61.8 Å². The first kappa shape index (κ1) is 23.4. The molecule has 0 saturated carbocycles. The van der Waals surface area contributed by atoms with Gasteiger partial charge >= 0.3 is 5.97 Å². The van der Waals surface area contributed by atoms with E-state index in [1.807, 2.05) is 30.3 Å². The first-order valence-electron chi connectivity index (χ1n) is 11.8. The fourth-order valence-electron chi connectivity index (χ4n) is 5.03. The predicted octanol–water partition coefficient (Wildman–Crippen LogP) is 5.00. The van der Waals surface area contributed by atoms with Crippen LogP contribution in [0, 0.1) is 0 Å². The zero-order chi connectivity index (χ0) is 24.8. The van der Waals surface area contributed by atoms with Gasteiger partial charge in [-0.3, -0.25) is 14.2 Å². The number of fused-ring (bicyclic) bond motifs is 4. The first-order chi connectivity index (χ1) is 17.5. The van der Waals surface area contributed by atoms with Crippen molar-refractivity contribution in [1.82, 2.24) is 9.55 Å². The van der Waals surface area contributed by atoms with E-state index >= 15 is 0 Å². The van der Waals surface area contributed by atoms with Gasteiger partial charge in [0.15, 0.2) is 5.16 Å². The van der Waals surface area contributed by atoms with Crippen LogP contribution < -0.4 is 10.9 Å². The van der Waals surface area contributed by atoms with E-state index in [9.17, 15) is 14.4 Å². The van der Waals surface area contributed by atoms with E-state index in [1.165, 1.54) is 35.1 Å². The molecule has 0 bridgehead atoms. The van der Waals surface area contributed by atoms with Crippen LogP contribution in [0.25, 0.3) is 15.9 Å². The lowest BCUT2D eigenvalue weighted by molar-refractivity contribution is -0.113. The molecule has 36 heavy (non-hydrogen) atoms. The molecule has 7 nitrogen and oxygen atoms in total. The number of rotatable bonds is 6. The highest BCUT2D eigenvalue weighted by Crippen LogP contribution is 2.40. The summed E-state index contributed by atoms with van der Waals surface area (Å²) in [5.41, 5.74) is 3.23. The Morgan fingerprint density at radius 2 is 1.78 bits per heavy atom. The van der Waals surface area contributed by atoms with E-state index in [1.54, 1.807) is 15.9 Å². The third kappa shape index (κ3) is 3.97. The maximum absolute atomic E-state index is 13.7. The number of esters is 1. The minimum atomic E-state index is -0.423. The molecule has 6 rings (SSSR count). The standard InChI is InChI=1S/C26H23N3O4S3/c1-33-25(32)21-16-10-6-12-18(16)36-23(21)27-19(30)13-34-26-28-22-20(15-9-5-11-17(15)35-22)24(31)29(26)14-7-3-2-4-8-14/h2-4,7-8H,5-6,9-13H2,1H3,(H,27,30). The average Bonchev–Trinajstić information content (AvgIpc) is 3.64. The summed E-state index contributed by atoms with van der Waals surface area (Å²) < 4.78 is 6.60. The number of aromatic nitrogens is 2. The quantitative estimate of drug-likeness (QED) is 0.211. The smallest absolute Gasteiger partial charge is 0.341 e. The second-order valence-electron chi connectivity index (χ2n) is 8.80. The lowest BCUT2D eigenvalue weighted by atomic mass is 10.1. The Hall–Kier alpha value is -2.95. The molecule has 0 spiro atoms. The largest absolute Gasteiger partial charge is 0.465 e. The molecule has 0 aliphatic heterocycles. The molecule has 0 unspecified atom stereocenters. The number of hydrogen-bond donors (Lipinski definition) is 1. The number of methoxy groups -OCH3 is 1. The van der Waals surface area contributed by atoms with Crippen LogP contribution in [-0.2, 0) is 35.2 Å². The number of anilines is 1. The molecule has 10 heteroatoms. The highest BCUT2D eigenvalue weighted by Gasteiger charge is 2.28. The lowest BCUT2D eigenvalue weighted by Gasteiger charge is -2.12. The first-order valence-corrected chi connectivity index (χ1v) is 14.4. The van der Waals surface area contributed by atoms with Crippen molar-refractivity contribution in [1.29, 1.82) is 0 Å². The van der Waals surface area contributed by atoms with E-state index in [0.29, 0.717) is 21.1 Å². The number of nitrogens with one attached hydrogen (secondary N) is 1. The number of para-hydroxylation sites is 1. The number of ether oxygens (including phenoxy) is 1. The van der Waals surface area contributed by atoms with Gasteiger partial charge in [-0.2, -0.15) is 0 Å². The van der Waals surface area contributed by atoms with Crippen LogP contribution in [0.1, 0.15) is 44.1 Å². The van der Waals surface area contributed by atoms with Gasteiger partial charge in [0.25, 0.3) is 5.56 Å². The number of carbonyl (C=O) groups excluding carboxylic acids is 2. The summed E-state index contributed by atoms with van der Waals surface area (Å²) in [6.07, 6.45) is 5.69. The zero-order valence-electron chi connectivity index (χ0n) is 19.6. The van der Waals surface area contributed by atoms with Crippen LogP contribution in [0.15, 0.2) is 40.3 Å². The fraction of sp³-hybridized carbons (Fsp3) is 0.308. The molecule has 184 valence electrons. The monoisotopic (exact) mass is 537 g/mol. The van der Waals surface area contributed by atoms with Crippen LogP contribution >= 0.6 is 34.4 Å². The molecule has 2 aliphatic carbocycles. The Morgan fingerprint density at radius 1 is 1.06 bits per heavy atom. The van der Waals surface area contributed by atoms with Crippen molar-refractivity contribution in [3.63, 3.8) is 0 Å². The normalized spacial score (nSPS) is 14.1. The summed E-state index contributed by atoms with van der Waals surface area (Å²) in [7, 11) is 1.36. The molecule has 0 fully saturated rings. The number of benzene rings is 1. The number of aryl methyl sites for hydroxylation is 3. The van der Waals surface area contributed by atoms with Gasteiger partial charge in [-0.15, -0.1) is 22.7 Å². The van der Waals surface area contributed by atoms with Crippen molar-refractivity contribution in [3.05, 3.63) is 67.1 Å². The molecule has 0 radical (unpaired) electrons.